The molecule has 0 aliphatic rings. The second-order valence-corrected chi connectivity index (χ2v) is 8.68. The van der Waals surface area contributed by atoms with Crippen LogP contribution in [-0.4, -0.2) is 33.0 Å². The molecule has 0 radical (unpaired) electrons. The smallest absolute Gasteiger partial charge is 0.416 e. The summed E-state index contributed by atoms with van der Waals surface area (Å²) in [5.41, 5.74) is -0.195. The number of aromatic nitrogens is 4. The lowest BCUT2D eigenvalue weighted by atomic mass is 10.1. The Morgan fingerprint density at radius 2 is 1.68 bits per heavy atom. The third-order valence-electron chi connectivity index (χ3n) is 5.69. The molecular formula is C27H19ClF3N7O2. The average Bonchev–Trinajstić information content (AvgIpc) is 2.95. The highest BCUT2D eigenvalue weighted by Crippen LogP contribution is 2.37. The second kappa shape index (κ2) is 11.0. The summed E-state index contributed by atoms with van der Waals surface area (Å²) < 4.78 is 45.5. The Balaban J connectivity index is 1.43. The van der Waals surface area contributed by atoms with Gasteiger partial charge in [0.15, 0.2) is 5.82 Å². The highest BCUT2D eigenvalue weighted by molar-refractivity contribution is 6.33. The Bertz CT molecular complexity index is 1720. The minimum atomic E-state index is -4.59. The van der Waals surface area contributed by atoms with Crippen molar-refractivity contribution in [2.45, 2.75) is 6.18 Å². The predicted molar refractivity (Wildman–Crippen MR) is 146 cm³/mol. The number of halogens is 4. The van der Waals surface area contributed by atoms with Gasteiger partial charge in [-0.2, -0.15) is 18.2 Å². The molecule has 0 fully saturated rings. The van der Waals surface area contributed by atoms with E-state index in [-0.39, 0.29) is 16.6 Å². The van der Waals surface area contributed by atoms with Gasteiger partial charge < -0.3 is 20.7 Å². The fourth-order valence-corrected chi connectivity index (χ4v) is 4.00. The van der Waals surface area contributed by atoms with Gasteiger partial charge in [-0.1, -0.05) is 35.9 Å². The molecule has 0 unspecified atom stereocenters. The molecule has 0 aliphatic heterocycles. The molecule has 2 amide bonds. The van der Waals surface area contributed by atoms with Crippen molar-refractivity contribution < 1.29 is 22.7 Å². The van der Waals surface area contributed by atoms with Crippen LogP contribution in [0.4, 0.5) is 35.3 Å². The number of pyridine rings is 1. The van der Waals surface area contributed by atoms with Crippen molar-refractivity contribution in [2.75, 3.05) is 23.0 Å². The van der Waals surface area contributed by atoms with Crippen LogP contribution in [-0.2, 0) is 6.18 Å². The molecule has 5 rings (SSSR count). The molecule has 40 heavy (non-hydrogen) atoms. The van der Waals surface area contributed by atoms with Crippen LogP contribution in [0, 0.1) is 0 Å². The molecule has 202 valence electrons. The van der Waals surface area contributed by atoms with Crippen molar-refractivity contribution in [3.8, 4) is 23.0 Å². The Kier molecular flexibility index (Phi) is 7.34. The van der Waals surface area contributed by atoms with E-state index >= 15 is 0 Å². The summed E-state index contributed by atoms with van der Waals surface area (Å²) in [7, 11) is 1.69. The van der Waals surface area contributed by atoms with Crippen LogP contribution in [0.5, 0.6) is 11.6 Å². The van der Waals surface area contributed by atoms with Gasteiger partial charge in [0.1, 0.15) is 12.1 Å². The number of nitrogens with one attached hydrogen (secondary N) is 3. The molecule has 0 saturated heterocycles. The summed E-state index contributed by atoms with van der Waals surface area (Å²) in [5.74, 6) is 1.42. The van der Waals surface area contributed by atoms with Gasteiger partial charge in [0.25, 0.3) is 0 Å². The molecule has 5 aromatic rings. The normalized spacial score (nSPS) is 11.2. The predicted octanol–water partition coefficient (Wildman–Crippen LogP) is 7.24. The lowest BCUT2D eigenvalue weighted by Crippen LogP contribution is -2.20. The van der Waals surface area contributed by atoms with Gasteiger partial charge in [-0.25, -0.2) is 19.7 Å². The van der Waals surface area contributed by atoms with Crippen molar-refractivity contribution >= 4 is 45.7 Å². The van der Waals surface area contributed by atoms with Gasteiger partial charge >= 0.3 is 12.2 Å². The van der Waals surface area contributed by atoms with Crippen LogP contribution >= 0.6 is 11.6 Å². The topological polar surface area (TPSA) is 114 Å². The van der Waals surface area contributed by atoms with Crippen molar-refractivity contribution in [1.82, 2.24) is 19.9 Å². The van der Waals surface area contributed by atoms with E-state index < -0.39 is 17.8 Å². The van der Waals surface area contributed by atoms with E-state index in [0.29, 0.717) is 39.5 Å². The SMILES string of the molecule is CNc1ncnc(-c2cccnc2Oc2ccc(NC(=O)Nc3cc(C(F)(F)F)ccc3Cl)c3ccccc23)n1. The molecule has 0 bridgehead atoms. The van der Waals surface area contributed by atoms with Crippen LogP contribution in [0.1, 0.15) is 5.56 Å². The number of nitrogens with zero attached hydrogens (tertiary/aromatic N) is 4. The quantitative estimate of drug-likeness (QED) is 0.199. The maximum absolute atomic E-state index is 13.1. The Labute approximate surface area is 230 Å². The molecule has 2 aromatic heterocycles. The highest BCUT2D eigenvalue weighted by atomic mass is 35.5. The van der Waals surface area contributed by atoms with Crippen LogP contribution < -0.4 is 20.7 Å². The van der Waals surface area contributed by atoms with E-state index in [9.17, 15) is 18.0 Å². The van der Waals surface area contributed by atoms with E-state index in [1.807, 2.05) is 0 Å². The van der Waals surface area contributed by atoms with E-state index in [4.69, 9.17) is 16.3 Å². The summed E-state index contributed by atoms with van der Waals surface area (Å²) in [6, 6.07) is 15.8. The Hall–Kier alpha value is -4.97. The fraction of sp³-hybridized carbons (Fsp3) is 0.0741. The number of rotatable bonds is 6. The zero-order valence-corrected chi connectivity index (χ0v) is 21.4. The Morgan fingerprint density at radius 1 is 0.900 bits per heavy atom. The lowest BCUT2D eigenvalue weighted by molar-refractivity contribution is -0.137. The molecule has 3 N–H and O–H groups in total. The number of hydrogen-bond acceptors (Lipinski definition) is 7. The molecule has 0 aliphatic carbocycles. The number of hydrogen-bond donors (Lipinski definition) is 3. The summed E-state index contributed by atoms with van der Waals surface area (Å²) in [6.45, 7) is 0. The number of benzene rings is 3. The van der Waals surface area contributed by atoms with Crippen molar-refractivity contribution in [1.29, 1.82) is 0 Å². The lowest BCUT2D eigenvalue weighted by Gasteiger charge is -2.15. The van der Waals surface area contributed by atoms with Gasteiger partial charge in [0.05, 0.1) is 27.5 Å². The third-order valence-corrected chi connectivity index (χ3v) is 6.02. The first kappa shape index (κ1) is 26.6. The molecule has 0 spiro atoms. The summed E-state index contributed by atoms with van der Waals surface area (Å²) in [4.78, 5) is 29.7. The number of fused-ring (bicyclic) bond motifs is 1. The number of alkyl halides is 3. The minimum Gasteiger partial charge on any atom is -0.438 e. The van der Waals surface area contributed by atoms with E-state index in [2.05, 4.69) is 35.9 Å². The first-order chi connectivity index (χ1) is 19.2. The molecular weight excluding hydrogens is 547 g/mol. The first-order valence-electron chi connectivity index (χ1n) is 11.7. The largest absolute Gasteiger partial charge is 0.438 e. The molecule has 2 heterocycles. The van der Waals surface area contributed by atoms with Crippen molar-refractivity contribution in [3.05, 3.63) is 89.8 Å². The summed E-state index contributed by atoms with van der Waals surface area (Å²) in [6.07, 6.45) is -1.64. The van der Waals surface area contributed by atoms with Gasteiger partial charge in [-0.05, 0) is 42.5 Å². The number of urea groups is 1. The number of carbonyl (C=O) groups excluding carboxylic acids is 1. The van der Waals surface area contributed by atoms with E-state index in [1.165, 1.54) is 6.33 Å². The van der Waals surface area contributed by atoms with E-state index in [0.717, 1.165) is 18.2 Å². The maximum atomic E-state index is 13.1. The molecule has 13 heteroatoms. The van der Waals surface area contributed by atoms with Crippen molar-refractivity contribution in [2.24, 2.45) is 0 Å². The van der Waals surface area contributed by atoms with Gasteiger partial charge in [-0.3, -0.25) is 0 Å². The summed E-state index contributed by atoms with van der Waals surface area (Å²) >= 11 is 6.01. The molecule has 0 atom stereocenters. The number of anilines is 3. The molecule has 3 aromatic carbocycles. The van der Waals surface area contributed by atoms with E-state index in [1.54, 1.807) is 61.8 Å². The fourth-order valence-electron chi connectivity index (χ4n) is 3.84. The number of amides is 2. The Morgan fingerprint density at radius 3 is 2.45 bits per heavy atom. The molecule has 0 saturated carbocycles. The van der Waals surface area contributed by atoms with Gasteiger partial charge in [0, 0.05) is 24.0 Å². The van der Waals surface area contributed by atoms with Gasteiger partial charge in [0.2, 0.25) is 11.8 Å². The average molecular weight is 566 g/mol. The first-order valence-corrected chi connectivity index (χ1v) is 12.1. The molecule has 9 nitrogen and oxygen atoms in total. The summed E-state index contributed by atoms with van der Waals surface area (Å²) in [5, 5.41) is 9.11. The van der Waals surface area contributed by atoms with Crippen LogP contribution in [0.2, 0.25) is 5.02 Å². The monoisotopic (exact) mass is 565 g/mol. The highest BCUT2D eigenvalue weighted by Gasteiger charge is 2.31. The standard InChI is InChI=1S/C27H19ClF3N7O2/c1-32-25-35-14-34-23(38-25)18-7-4-12-33-24(18)40-22-11-10-20(16-5-2-3-6-17(16)22)36-26(39)37-21-13-15(27(29,30)31)8-9-19(21)28/h2-14H,1H3,(H2,36,37,39)(H,32,34,35,38). The number of ether oxygens (including phenoxy) is 1. The zero-order chi connectivity index (χ0) is 28.3. The van der Waals surface area contributed by atoms with Crippen LogP contribution in [0.15, 0.2) is 79.3 Å². The third kappa shape index (κ3) is 5.71. The van der Waals surface area contributed by atoms with Crippen molar-refractivity contribution in [3.63, 3.8) is 0 Å². The number of carbonyl (C=O) groups is 1. The minimum absolute atomic E-state index is 0.0389. The maximum Gasteiger partial charge on any atom is 0.416 e. The van der Waals surface area contributed by atoms with Gasteiger partial charge in [-0.15, -0.1) is 0 Å². The zero-order valence-electron chi connectivity index (χ0n) is 20.6. The van der Waals surface area contributed by atoms with Crippen LogP contribution in [0.3, 0.4) is 0 Å². The van der Waals surface area contributed by atoms with Crippen LogP contribution in [0.25, 0.3) is 22.2 Å². The second-order valence-electron chi connectivity index (χ2n) is 8.27.